The summed E-state index contributed by atoms with van der Waals surface area (Å²) in [5.74, 6) is -1.27. The summed E-state index contributed by atoms with van der Waals surface area (Å²) >= 11 is 11.8. The molecule has 0 aromatic heterocycles. The number of alkyl halides is 3. The Balaban J connectivity index is 2.15. The van der Waals surface area contributed by atoms with Crippen LogP contribution < -0.4 is 9.62 Å². The van der Waals surface area contributed by atoms with E-state index in [1.54, 1.807) is 52.0 Å². The highest BCUT2D eigenvalue weighted by Gasteiger charge is 2.37. The van der Waals surface area contributed by atoms with E-state index in [4.69, 9.17) is 23.2 Å². The van der Waals surface area contributed by atoms with Gasteiger partial charge in [-0.05, 0) is 75.2 Å². The third kappa shape index (κ3) is 8.64. The number of amides is 2. The Morgan fingerprint density at radius 3 is 2.09 bits per heavy atom. The number of hydrogen-bond acceptors (Lipinski definition) is 4. The average molecular weight is 659 g/mol. The predicted octanol–water partition coefficient (Wildman–Crippen LogP) is 6.85. The maximum atomic E-state index is 14.0. The summed E-state index contributed by atoms with van der Waals surface area (Å²) in [6, 6.07) is 13.6. The molecule has 232 valence electrons. The average Bonchev–Trinajstić information content (AvgIpc) is 2.92. The van der Waals surface area contributed by atoms with Crippen LogP contribution in [0.4, 0.5) is 18.9 Å². The van der Waals surface area contributed by atoms with Crippen LogP contribution in [-0.4, -0.2) is 43.8 Å². The van der Waals surface area contributed by atoms with Gasteiger partial charge in [-0.25, -0.2) is 8.42 Å². The fourth-order valence-corrected chi connectivity index (χ4v) is 6.10. The van der Waals surface area contributed by atoms with Crippen molar-refractivity contribution in [3.63, 3.8) is 0 Å². The van der Waals surface area contributed by atoms with Gasteiger partial charge in [-0.2, -0.15) is 13.2 Å². The van der Waals surface area contributed by atoms with Gasteiger partial charge in [0.05, 0.1) is 21.2 Å². The zero-order chi connectivity index (χ0) is 32.1. The van der Waals surface area contributed by atoms with Gasteiger partial charge < -0.3 is 10.2 Å². The van der Waals surface area contributed by atoms with Crippen molar-refractivity contribution >= 4 is 50.7 Å². The monoisotopic (exact) mass is 657 g/mol. The Bertz CT molecular complexity index is 1550. The molecule has 0 bridgehead atoms. The summed E-state index contributed by atoms with van der Waals surface area (Å²) < 4.78 is 69.8. The van der Waals surface area contributed by atoms with Gasteiger partial charge in [0.25, 0.3) is 10.0 Å². The summed E-state index contributed by atoms with van der Waals surface area (Å²) in [4.78, 5) is 28.2. The SMILES string of the molecule is CCC(C(=O)NC(C)C)N(Cc1ccc(Cl)cc1)C(=O)CN(c1ccc(Cl)c(C(F)(F)F)c1)S(=O)(=O)c1ccc(C)cc1. The van der Waals surface area contributed by atoms with Gasteiger partial charge >= 0.3 is 6.18 Å². The van der Waals surface area contributed by atoms with E-state index in [1.165, 1.54) is 29.2 Å². The van der Waals surface area contributed by atoms with Crippen LogP contribution >= 0.6 is 23.2 Å². The Morgan fingerprint density at radius 2 is 1.56 bits per heavy atom. The third-order valence-corrected chi connectivity index (χ3v) is 8.88. The van der Waals surface area contributed by atoms with Crippen molar-refractivity contribution in [2.24, 2.45) is 0 Å². The number of halogens is 5. The number of nitrogens with zero attached hydrogens (tertiary/aromatic N) is 2. The molecular formula is C30H32Cl2F3N3O4S. The first-order valence-electron chi connectivity index (χ1n) is 13.3. The van der Waals surface area contributed by atoms with Crippen molar-refractivity contribution in [3.8, 4) is 0 Å². The van der Waals surface area contributed by atoms with Gasteiger partial charge in [0.1, 0.15) is 12.6 Å². The number of hydrogen-bond donors (Lipinski definition) is 1. The maximum Gasteiger partial charge on any atom is 0.417 e. The Labute approximate surface area is 259 Å². The summed E-state index contributed by atoms with van der Waals surface area (Å²) in [6.45, 7) is 5.97. The van der Waals surface area contributed by atoms with E-state index in [0.29, 0.717) is 21.0 Å². The largest absolute Gasteiger partial charge is 0.417 e. The third-order valence-electron chi connectivity index (χ3n) is 6.51. The molecule has 43 heavy (non-hydrogen) atoms. The van der Waals surface area contributed by atoms with Crippen LogP contribution in [0.15, 0.2) is 71.6 Å². The quantitative estimate of drug-likeness (QED) is 0.244. The van der Waals surface area contributed by atoms with E-state index in [9.17, 15) is 31.2 Å². The number of benzene rings is 3. The van der Waals surface area contributed by atoms with Gasteiger partial charge in [0, 0.05) is 17.6 Å². The molecule has 2 amide bonds. The van der Waals surface area contributed by atoms with Crippen molar-refractivity contribution in [2.75, 3.05) is 10.8 Å². The molecule has 0 fully saturated rings. The molecule has 1 unspecified atom stereocenters. The first kappa shape index (κ1) is 34.2. The lowest BCUT2D eigenvalue weighted by molar-refractivity contribution is -0.140. The van der Waals surface area contributed by atoms with Crippen LogP contribution in [0.1, 0.15) is 43.9 Å². The first-order chi connectivity index (χ1) is 20.0. The van der Waals surface area contributed by atoms with Crippen molar-refractivity contribution in [1.82, 2.24) is 10.2 Å². The van der Waals surface area contributed by atoms with Crippen LogP contribution in [0.25, 0.3) is 0 Å². The molecule has 0 radical (unpaired) electrons. The topological polar surface area (TPSA) is 86.8 Å². The molecule has 7 nitrogen and oxygen atoms in total. The zero-order valence-electron chi connectivity index (χ0n) is 24.0. The van der Waals surface area contributed by atoms with Gasteiger partial charge in [0.15, 0.2) is 0 Å². The fourth-order valence-electron chi connectivity index (χ4n) is 4.34. The second-order valence-electron chi connectivity index (χ2n) is 10.2. The Kier molecular flexibility index (Phi) is 11.1. The number of nitrogens with one attached hydrogen (secondary N) is 1. The molecular weight excluding hydrogens is 626 g/mol. The molecule has 0 aliphatic heterocycles. The molecule has 1 N–H and O–H groups in total. The summed E-state index contributed by atoms with van der Waals surface area (Å²) in [6.07, 6.45) is -4.71. The first-order valence-corrected chi connectivity index (χ1v) is 15.5. The summed E-state index contributed by atoms with van der Waals surface area (Å²) in [5.41, 5.74) is -0.323. The molecule has 3 aromatic rings. The van der Waals surface area contributed by atoms with E-state index in [2.05, 4.69) is 5.32 Å². The highest BCUT2D eigenvalue weighted by atomic mass is 35.5. The second-order valence-corrected chi connectivity index (χ2v) is 12.9. The number of anilines is 1. The van der Waals surface area contributed by atoms with Crippen LogP contribution in [0.2, 0.25) is 10.0 Å². The maximum absolute atomic E-state index is 14.0. The standard InChI is InChI=1S/C30H32Cl2F3N3O4S/c1-5-27(29(40)36-19(2)3)37(17-21-8-10-22(31)11-9-21)28(39)18-38(43(41,42)24-13-6-20(4)7-14-24)23-12-15-26(32)25(16-23)30(33,34)35/h6-16,19,27H,5,17-18H2,1-4H3,(H,36,40). The number of carbonyl (C=O) groups excluding carboxylic acids is 2. The Morgan fingerprint density at radius 1 is 0.953 bits per heavy atom. The highest BCUT2D eigenvalue weighted by molar-refractivity contribution is 7.92. The molecule has 0 saturated heterocycles. The molecule has 0 saturated carbocycles. The molecule has 0 aliphatic rings. The highest BCUT2D eigenvalue weighted by Crippen LogP contribution is 2.38. The molecule has 3 rings (SSSR count). The number of carbonyl (C=O) groups is 2. The van der Waals surface area contributed by atoms with Gasteiger partial charge in [0.2, 0.25) is 11.8 Å². The summed E-state index contributed by atoms with van der Waals surface area (Å²) in [7, 11) is -4.57. The van der Waals surface area contributed by atoms with Crippen molar-refractivity contribution in [1.29, 1.82) is 0 Å². The van der Waals surface area contributed by atoms with Crippen molar-refractivity contribution in [2.45, 2.75) is 63.8 Å². The molecule has 0 spiro atoms. The Hall–Kier alpha value is -3.28. The van der Waals surface area contributed by atoms with E-state index in [-0.39, 0.29) is 23.9 Å². The lowest BCUT2D eigenvalue weighted by Crippen LogP contribution is -2.53. The van der Waals surface area contributed by atoms with Crippen LogP contribution in [0.5, 0.6) is 0 Å². The van der Waals surface area contributed by atoms with Crippen molar-refractivity contribution in [3.05, 3.63) is 93.5 Å². The minimum Gasteiger partial charge on any atom is -0.352 e. The molecule has 1 atom stereocenters. The van der Waals surface area contributed by atoms with Crippen molar-refractivity contribution < 1.29 is 31.2 Å². The van der Waals surface area contributed by atoms with E-state index < -0.39 is 56.9 Å². The fraction of sp³-hybridized carbons (Fsp3) is 0.333. The van der Waals surface area contributed by atoms with Crippen LogP contribution in [-0.2, 0) is 32.3 Å². The van der Waals surface area contributed by atoms with E-state index in [0.717, 1.165) is 17.7 Å². The molecule has 13 heteroatoms. The molecule has 3 aromatic carbocycles. The van der Waals surface area contributed by atoms with Gasteiger partial charge in [-0.3, -0.25) is 13.9 Å². The number of aryl methyl sites for hydroxylation is 1. The van der Waals surface area contributed by atoms with E-state index >= 15 is 0 Å². The number of sulfonamides is 1. The molecule has 0 aliphatic carbocycles. The lowest BCUT2D eigenvalue weighted by atomic mass is 10.1. The minimum absolute atomic E-state index is 0.0904. The van der Waals surface area contributed by atoms with Gasteiger partial charge in [-0.1, -0.05) is 60.0 Å². The second kappa shape index (κ2) is 14.0. The zero-order valence-corrected chi connectivity index (χ0v) is 26.3. The summed E-state index contributed by atoms with van der Waals surface area (Å²) in [5, 5.41) is 2.60. The molecule has 0 heterocycles. The minimum atomic E-state index is -4.89. The smallest absolute Gasteiger partial charge is 0.352 e. The van der Waals surface area contributed by atoms with Gasteiger partial charge in [-0.15, -0.1) is 0 Å². The normalized spacial score (nSPS) is 12.6. The predicted molar refractivity (Wildman–Crippen MR) is 162 cm³/mol. The van der Waals surface area contributed by atoms with E-state index in [1.807, 2.05) is 0 Å². The van der Waals surface area contributed by atoms with Crippen LogP contribution in [0.3, 0.4) is 0 Å². The van der Waals surface area contributed by atoms with Crippen LogP contribution in [0, 0.1) is 6.92 Å². The lowest BCUT2D eigenvalue weighted by Gasteiger charge is -2.33. The number of rotatable bonds is 11.